The second kappa shape index (κ2) is 24.5. The number of hydrogen-bond acceptors (Lipinski definition) is 11. The number of cyclic esters (lactones) is 1. The van der Waals surface area contributed by atoms with E-state index in [4.69, 9.17) is 18.9 Å². The highest BCUT2D eigenvalue weighted by Crippen LogP contribution is 2.38. The number of rotatable bonds is 5. The molecule has 0 radical (unpaired) electrons. The van der Waals surface area contributed by atoms with Crippen molar-refractivity contribution >= 4 is 23.4 Å². The molecular weight excluding hydrogens is 803 g/mol. The molecule has 0 aromatic heterocycles. The lowest BCUT2D eigenvalue weighted by Crippen LogP contribution is -2.60. The number of aliphatic hydroxyl groups excluding tert-OH is 2. The van der Waals surface area contributed by atoms with Crippen LogP contribution in [0.25, 0.3) is 0 Å². The van der Waals surface area contributed by atoms with E-state index >= 15 is 0 Å². The molecule has 63 heavy (non-hydrogen) atoms. The maximum Gasteiger partial charge on any atom is 0.329 e. The van der Waals surface area contributed by atoms with Crippen LogP contribution in [-0.2, 0) is 38.1 Å². The van der Waals surface area contributed by atoms with Gasteiger partial charge < -0.3 is 39.2 Å². The van der Waals surface area contributed by atoms with Crippen molar-refractivity contribution in [2.75, 3.05) is 20.8 Å². The van der Waals surface area contributed by atoms with Gasteiger partial charge in [-0.25, -0.2) is 4.79 Å². The summed E-state index contributed by atoms with van der Waals surface area (Å²) in [7, 11) is 3.06. The fraction of sp³-hybridized carbons (Fsp3) is 0.765. The first-order chi connectivity index (χ1) is 29.8. The minimum atomic E-state index is -2.32. The van der Waals surface area contributed by atoms with Crippen LogP contribution in [0.4, 0.5) is 0 Å². The highest BCUT2D eigenvalue weighted by atomic mass is 16.6. The topological polar surface area (TPSA) is 169 Å². The fourth-order valence-corrected chi connectivity index (χ4v) is 10.2. The number of Topliss-reactive ketones (excluding diaryl/α,β-unsaturated/α-hetero) is 2. The highest BCUT2D eigenvalue weighted by Gasteiger charge is 2.53. The lowest BCUT2D eigenvalue weighted by molar-refractivity contribution is -0.264. The SMILES string of the molecule is CO[C@@H]1C[C@H](C[C@@H](C)[C@@H]2CC[C@H](C)/C=C(\C)[C@@H](O)[C@@H](OC)C(=O)[C@H](C)C[C@H](C)/C=C/C=C/C=C(\C)C(C)C[C@@H]3CC[C@@H](C)[C@@](O)(O3)C(=O)C(=O)N3CCCC[C@H]3C(=O)O2)CC[C@H]1O. The van der Waals surface area contributed by atoms with Crippen molar-refractivity contribution in [3.8, 4) is 0 Å². The number of esters is 1. The predicted octanol–water partition coefficient (Wildman–Crippen LogP) is 7.62. The molecule has 12 heteroatoms. The van der Waals surface area contributed by atoms with Gasteiger partial charge in [-0.2, -0.15) is 0 Å². The van der Waals surface area contributed by atoms with Crippen LogP contribution in [0, 0.1) is 41.4 Å². The molecule has 12 nitrogen and oxygen atoms in total. The van der Waals surface area contributed by atoms with Crippen molar-refractivity contribution in [2.24, 2.45) is 41.4 Å². The van der Waals surface area contributed by atoms with Crippen LogP contribution in [-0.4, -0.2) is 113 Å². The normalized spacial score (nSPS) is 41.3. The monoisotopic (exact) mass is 884 g/mol. The predicted molar refractivity (Wildman–Crippen MR) is 243 cm³/mol. The van der Waals surface area contributed by atoms with Crippen LogP contribution >= 0.6 is 0 Å². The first kappa shape index (κ1) is 52.6. The molecule has 0 spiro atoms. The molecule has 1 saturated carbocycles. The third-order valence-electron chi connectivity index (χ3n) is 14.6. The summed E-state index contributed by atoms with van der Waals surface area (Å²) in [5.74, 6) is -5.77. The second-order valence-electron chi connectivity index (χ2n) is 19.9. The van der Waals surface area contributed by atoms with Crippen LogP contribution < -0.4 is 0 Å². The van der Waals surface area contributed by atoms with E-state index in [1.54, 1.807) is 21.0 Å². The van der Waals surface area contributed by atoms with Gasteiger partial charge >= 0.3 is 5.97 Å². The summed E-state index contributed by atoms with van der Waals surface area (Å²) in [5.41, 5.74) is 1.71. The number of nitrogens with zero attached hydrogens (tertiary/aromatic N) is 1. The number of ketones is 2. The Hall–Kier alpha value is -3.00. The number of methoxy groups -OCH3 is 2. The van der Waals surface area contributed by atoms with Gasteiger partial charge in [-0.15, -0.1) is 0 Å². The lowest BCUT2D eigenvalue weighted by Gasteiger charge is -2.42. The Kier molecular flexibility index (Phi) is 20.5. The highest BCUT2D eigenvalue weighted by molar-refractivity contribution is 6.39. The number of carbonyl (C=O) groups excluding carboxylic acids is 4. The summed E-state index contributed by atoms with van der Waals surface area (Å²) in [6.07, 6.45) is 15.8. The molecule has 3 N–H and O–H groups in total. The van der Waals surface area contributed by atoms with E-state index in [0.717, 1.165) is 18.4 Å². The van der Waals surface area contributed by atoms with Gasteiger partial charge in [-0.1, -0.05) is 83.6 Å². The van der Waals surface area contributed by atoms with Crippen LogP contribution in [0.2, 0.25) is 0 Å². The van der Waals surface area contributed by atoms with Crippen molar-refractivity contribution < 1.29 is 53.4 Å². The third-order valence-corrected chi connectivity index (χ3v) is 14.6. The van der Waals surface area contributed by atoms with Crippen LogP contribution in [0.15, 0.2) is 47.6 Å². The number of allylic oxidation sites excluding steroid dienone is 7. The van der Waals surface area contributed by atoms with Crippen LogP contribution in [0.5, 0.6) is 0 Å². The Labute approximate surface area is 377 Å². The molecule has 1 aliphatic carbocycles. The summed E-state index contributed by atoms with van der Waals surface area (Å²) in [6.45, 7) is 15.8. The zero-order valence-corrected chi connectivity index (χ0v) is 40.0. The first-order valence-corrected chi connectivity index (χ1v) is 23.9. The molecular formula is C51H81NO11. The molecule has 2 bridgehead atoms. The van der Waals surface area contributed by atoms with Gasteiger partial charge in [0, 0.05) is 32.6 Å². The van der Waals surface area contributed by atoms with Crippen LogP contribution in [0.3, 0.4) is 0 Å². The van der Waals surface area contributed by atoms with Gasteiger partial charge in [0.15, 0.2) is 5.78 Å². The molecule has 1 amide bonds. The van der Waals surface area contributed by atoms with E-state index in [1.165, 1.54) is 12.0 Å². The third kappa shape index (κ3) is 14.2. The van der Waals surface area contributed by atoms with Crippen molar-refractivity contribution in [2.45, 2.75) is 187 Å². The molecule has 2 saturated heterocycles. The number of aliphatic hydroxyl groups is 3. The van der Waals surface area contributed by atoms with E-state index in [1.807, 2.05) is 51.2 Å². The molecule has 1 unspecified atom stereocenters. The Morgan fingerprint density at radius 3 is 2.24 bits per heavy atom. The fourth-order valence-electron chi connectivity index (χ4n) is 10.2. The summed E-state index contributed by atoms with van der Waals surface area (Å²) in [6, 6.07) is -0.999. The number of carbonyl (C=O) groups is 4. The molecule has 0 aromatic carbocycles. The summed E-state index contributed by atoms with van der Waals surface area (Å²) in [4.78, 5) is 57.7. The van der Waals surface area contributed by atoms with Gasteiger partial charge in [0.25, 0.3) is 11.7 Å². The first-order valence-electron chi connectivity index (χ1n) is 23.9. The summed E-state index contributed by atoms with van der Waals surface area (Å²) < 4.78 is 23.8. The van der Waals surface area contributed by atoms with Crippen LogP contribution in [0.1, 0.15) is 139 Å². The van der Waals surface area contributed by atoms with E-state index < -0.39 is 65.9 Å². The van der Waals surface area contributed by atoms with Gasteiger partial charge in [0.2, 0.25) is 5.79 Å². The zero-order valence-electron chi connectivity index (χ0n) is 40.0. The standard InChI is InChI=1S/C51H81NO11/c1-31-16-12-11-13-17-33(3)34(4)29-40-22-20-38(8)51(59,63-40)48(56)49(57)52-25-15-14-18-41(52)50(58)62-43(35(5)28-39-21-23-42(53)44(30-39)60-9)24-19-32(2)27-37(7)46(55)47(61-10)45(54)36(6)26-31/h11-13,16-17,27,31-32,34-36,38-44,46-47,53,55,59H,14-15,18-26,28-30H2,1-10H3/b13-11+,16-12+,33-17+,37-27+/t31-,32+,34?,35-,36-,38-,39+,40+,41+,42-,43+,44-,46-,47+,51-/m1/s1. The Morgan fingerprint density at radius 2 is 1.54 bits per heavy atom. The summed E-state index contributed by atoms with van der Waals surface area (Å²) >= 11 is 0. The molecule has 3 fully saturated rings. The van der Waals surface area contributed by atoms with Crippen molar-refractivity contribution in [1.29, 1.82) is 0 Å². The Morgan fingerprint density at radius 1 is 0.810 bits per heavy atom. The van der Waals surface area contributed by atoms with E-state index in [-0.39, 0.29) is 53.9 Å². The molecule has 4 aliphatic rings. The van der Waals surface area contributed by atoms with Crippen molar-refractivity contribution in [1.82, 2.24) is 4.90 Å². The average molecular weight is 884 g/mol. The second-order valence-corrected chi connectivity index (χ2v) is 19.9. The summed E-state index contributed by atoms with van der Waals surface area (Å²) in [5, 5.41) is 33.8. The van der Waals surface area contributed by atoms with Crippen molar-refractivity contribution in [3.63, 3.8) is 0 Å². The zero-order chi connectivity index (χ0) is 46.6. The largest absolute Gasteiger partial charge is 0.461 e. The smallest absolute Gasteiger partial charge is 0.329 e. The number of piperidine rings is 1. The maximum atomic E-state index is 14.3. The minimum Gasteiger partial charge on any atom is -0.461 e. The average Bonchev–Trinajstić information content (AvgIpc) is 3.25. The van der Waals surface area contributed by atoms with Gasteiger partial charge in [0.05, 0.1) is 18.3 Å². The van der Waals surface area contributed by atoms with E-state index in [0.29, 0.717) is 76.2 Å². The van der Waals surface area contributed by atoms with E-state index in [9.17, 15) is 34.5 Å². The molecule has 0 aromatic rings. The number of fused-ring (bicyclic) bond motifs is 3. The number of amides is 1. The number of hydrogen-bond donors (Lipinski definition) is 3. The molecule has 3 heterocycles. The maximum absolute atomic E-state index is 14.3. The minimum absolute atomic E-state index is 0.0576. The van der Waals surface area contributed by atoms with Gasteiger partial charge in [0.1, 0.15) is 24.4 Å². The Bertz CT molecular complexity index is 1650. The number of ether oxygens (including phenoxy) is 4. The quantitative estimate of drug-likeness (QED) is 0.141. The molecule has 3 aliphatic heterocycles. The van der Waals surface area contributed by atoms with Gasteiger partial charge in [-0.05, 0) is 132 Å². The van der Waals surface area contributed by atoms with Gasteiger partial charge in [-0.3, -0.25) is 14.4 Å². The molecule has 15 atom stereocenters. The Balaban J connectivity index is 1.66. The lowest BCUT2D eigenvalue weighted by atomic mass is 9.78. The van der Waals surface area contributed by atoms with E-state index in [2.05, 4.69) is 26.8 Å². The van der Waals surface area contributed by atoms with Crippen molar-refractivity contribution in [3.05, 3.63) is 47.6 Å². The molecule has 356 valence electrons. The molecule has 4 rings (SSSR count).